The molecule has 1 aliphatic carbocycles. The standard InChI is InChI=1S/C10H12N2O/c1-3-12-6-11-9-8(13)5-4-7(2)10(9)12/h6H,2-5H2,1H3. The molecule has 0 radical (unpaired) electrons. The number of carbonyl (C=O) groups is 1. The van der Waals surface area contributed by atoms with Crippen LogP contribution < -0.4 is 0 Å². The van der Waals surface area contributed by atoms with Crippen molar-refractivity contribution >= 4 is 11.4 Å². The highest BCUT2D eigenvalue weighted by molar-refractivity contribution is 6.01. The van der Waals surface area contributed by atoms with Gasteiger partial charge >= 0.3 is 0 Å². The van der Waals surface area contributed by atoms with Crippen molar-refractivity contribution < 1.29 is 4.79 Å². The molecule has 2 rings (SSSR count). The summed E-state index contributed by atoms with van der Waals surface area (Å²) in [6.07, 6.45) is 3.06. The molecule has 0 unspecified atom stereocenters. The van der Waals surface area contributed by atoms with Crippen molar-refractivity contribution in [3.8, 4) is 0 Å². The summed E-state index contributed by atoms with van der Waals surface area (Å²) in [7, 11) is 0. The van der Waals surface area contributed by atoms with E-state index in [2.05, 4.69) is 11.6 Å². The van der Waals surface area contributed by atoms with E-state index in [0.29, 0.717) is 12.1 Å². The molecule has 13 heavy (non-hydrogen) atoms. The summed E-state index contributed by atoms with van der Waals surface area (Å²) in [6, 6.07) is 0. The lowest BCUT2D eigenvalue weighted by Gasteiger charge is -2.14. The van der Waals surface area contributed by atoms with Crippen molar-refractivity contribution in [3.05, 3.63) is 24.3 Å². The number of carbonyl (C=O) groups excluding carboxylic acids is 1. The Labute approximate surface area is 77.1 Å². The molecule has 0 spiro atoms. The highest BCUT2D eigenvalue weighted by atomic mass is 16.1. The third kappa shape index (κ3) is 1.11. The molecular formula is C10H12N2O. The number of Topliss-reactive ketones (excluding diaryl/α,β-unsaturated/α-hetero) is 1. The Morgan fingerprint density at radius 1 is 1.62 bits per heavy atom. The van der Waals surface area contributed by atoms with Crippen LogP contribution in [0, 0.1) is 0 Å². The molecule has 0 atom stereocenters. The molecule has 1 heterocycles. The zero-order valence-corrected chi connectivity index (χ0v) is 7.71. The summed E-state index contributed by atoms with van der Waals surface area (Å²) in [5.74, 6) is 0.148. The first-order chi connectivity index (χ1) is 6.24. The van der Waals surface area contributed by atoms with Gasteiger partial charge in [0.05, 0.1) is 12.0 Å². The van der Waals surface area contributed by atoms with Crippen LogP contribution in [0.4, 0.5) is 0 Å². The van der Waals surface area contributed by atoms with Crippen molar-refractivity contribution in [1.29, 1.82) is 0 Å². The summed E-state index contributed by atoms with van der Waals surface area (Å²) in [6.45, 7) is 6.84. The smallest absolute Gasteiger partial charge is 0.183 e. The van der Waals surface area contributed by atoms with Crippen LogP contribution in [0.15, 0.2) is 12.9 Å². The molecule has 1 aromatic heterocycles. The van der Waals surface area contributed by atoms with E-state index in [1.165, 1.54) is 0 Å². The van der Waals surface area contributed by atoms with Crippen LogP contribution in [0.2, 0.25) is 0 Å². The fourth-order valence-corrected chi connectivity index (χ4v) is 1.70. The number of fused-ring (bicyclic) bond motifs is 1. The largest absolute Gasteiger partial charge is 0.331 e. The topological polar surface area (TPSA) is 34.9 Å². The summed E-state index contributed by atoms with van der Waals surface area (Å²) in [5, 5.41) is 0. The van der Waals surface area contributed by atoms with E-state index in [1.807, 2.05) is 11.5 Å². The van der Waals surface area contributed by atoms with Crippen LogP contribution in [-0.2, 0) is 6.54 Å². The maximum Gasteiger partial charge on any atom is 0.183 e. The van der Waals surface area contributed by atoms with E-state index >= 15 is 0 Å². The Morgan fingerprint density at radius 3 is 3.08 bits per heavy atom. The molecule has 0 amide bonds. The van der Waals surface area contributed by atoms with Crippen molar-refractivity contribution in [2.45, 2.75) is 26.3 Å². The van der Waals surface area contributed by atoms with Crippen molar-refractivity contribution in [3.63, 3.8) is 0 Å². The van der Waals surface area contributed by atoms with E-state index in [-0.39, 0.29) is 5.78 Å². The van der Waals surface area contributed by atoms with Gasteiger partial charge in [0.2, 0.25) is 0 Å². The van der Waals surface area contributed by atoms with Crippen LogP contribution in [-0.4, -0.2) is 15.3 Å². The number of nitrogens with zero attached hydrogens (tertiary/aromatic N) is 2. The van der Waals surface area contributed by atoms with E-state index in [0.717, 1.165) is 24.2 Å². The van der Waals surface area contributed by atoms with Gasteiger partial charge in [0.1, 0.15) is 5.69 Å². The van der Waals surface area contributed by atoms with Crippen LogP contribution in [0.3, 0.4) is 0 Å². The van der Waals surface area contributed by atoms with Gasteiger partial charge in [-0.05, 0) is 18.9 Å². The van der Waals surface area contributed by atoms with Crippen LogP contribution in [0.1, 0.15) is 35.9 Å². The maximum absolute atomic E-state index is 11.4. The number of rotatable bonds is 1. The van der Waals surface area contributed by atoms with Gasteiger partial charge in [-0.2, -0.15) is 0 Å². The Kier molecular flexibility index (Phi) is 1.79. The van der Waals surface area contributed by atoms with Gasteiger partial charge in [0.25, 0.3) is 0 Å². The summed E-state index contributed by atoms with van der Waals surface area (Å²) >= 11 is 0. The fraction of sp³-hybridized carbons (Fsp3) is 0.400. The van der Waals surface area contributed by atoms with Crippen molar-refractivity contribution in [2.24, 2.45) is 0 Å². The zero-order chi connectivity index (χ0) is 9.42. The lowest BCUT2D eigenvalue weighted by atomic mass is 9.95. The third-order valence-corrected chi connectivity index (χ3v) is 2.43. The Bertz CT molecular complexity index is 376. The molecule has 1 aliphatic rings. The molecule has 0 saturated carbocycles. The van der Waals surface area contributed by atoms with Gasteiger partial charge in [0, 0.05) is 13.0 Å². The molecule has 0 aliphatic heterocycles. The number of ketones is 1. The highest BCUT2D eigenvalue weighted by Gasteiger charge is 2.24. The second-order valence-corrected chi connectivity index (χ2v) is 3.25. The third-order valence-electron chi connectivity index (χ3n) is 2.43. The van der Waals surface area contributed by atoms with Gasteiger partial charge in [-0.15, -0.1) is 0 Å². The molecule has 0 fully saturated rings. The second-order valence-electron chi connectivity index (χ2n) is 3.25. The number of hydrogen-bond donors (Lipinski definition) is 0. The number of allylic oxidation sites excluding steroid dienone is 1. The molecule has 0 aromatic carbocycles. The lowest BCUT2D eigenvalue weighted by molar-refractivity contribution is 0.0976. The van der Waals surface area contributed by atoms with Crippen LogP contribution in [0.5, 0.6) is 0 Å². The van der Waals surface area contributed by atoms with E-state index < -0.39 is 0 Å². The molecule has 3 nitrogen and oxygen atoms in total. The average molecular weight is 176 g/mol. The number of imidazole rings is 1. The Balaban J connectivity index is 2.59. The van der Waals surface area contributed by atoms with Gasteiger partial charge < -0.3 is 4.57 Å². The first-order valence-electron chi connectivity index (χ1n) is 4.50. The minimum atomic E-state index is 0.148. The zero-order valence-electron chi connectivity index (χ0n) is 7.71. The van der Waals surface area contributed by atoms with Gasteiger partial charge in [0.15, 0.2) is 5.78 Å². The SMILES string of the molecule is C=C1CCC(=O)c2ncn(CC)c21. The molecule has 0 N–H and O–H groups in total. The van der Waals surface area contributed by atoms with Crippen LogP contribution in [0.25, 0.3) is 5.57 Å². The number of aromatic nitrogens is 2. The van der Waals surface area contributed by atoms with Crippen LogP contribution >= 0.6 is 0 Å². The quantitative estimate of drug-likeness (QED) is 0.655. The van der Waals surface area contributed by atoms with Crippen molar-refractivity contribution in [1.82, 2.24) is 9.55 Å². The molecule has 68 valence electrons. The molecule has 0 bridgehead atoms. The van der Waals surface area contributed by atoms with Gasteiger partial charge in [-0.3, -0.25) is 4.79 Å². The summed E-state index contributed by atoms with van der Waals surface area (Å²) in [4.78, 5) is 15.6. The normalized spacial score (nSPS) is 16.1. The number of aryl methyl sites for hydroxylation is 1. The van der Waals surface area contributed by atoms with E-state index in [1.54, 1.807) is 6.33 Å². The van der Waals surface area contributed by atoms with E-state index in [9.17, 15) is 4.79 Å². The van der Waals surface area contributed by atoms with E-state index in [4.69, 9.17) is 0 Å². The maximum atomic E-state index is 11.4. The first kappa shape index (κ1) is 8.23. The summed E-state index contributed by atoms with van der Waals surface area (Å²) < 4.78 is 1.98. The molecule has 0 saturated heterocycles. The summed E-state index contributed by atoms with van der Waals surface area (Å²) in [5.41, 5.74) is 2.59. The predicted octanol–water partition coefficient (Wildman–Crippen LogP) is 1.89. The molecule has 3 heteroatoms. The minimum Gasteiger partial charge on any atom is -0.331 e. The lowest BCUT2D eigenvalue weighted by Crippen LogP contribution is -2.12. The second kappa shape index (κ2) is 2.83. The first-order valence-corrected chi connectivity index (χ1v) is 4.50. The Morgan fingerprint density at radius 2 is 2.38 bits per heavy atom. The van der Waals surface area contributed by atoms with Gasteiger partial charge in [-0.25, -0.2) is 4.98 Å². The van der Waals surface area contributed by atoms with Crippen molar-refractivity contribution in [2.75, 3.05) is 0 Å². The fourth-order valence-electron chi connectivity index (χ4n) is 1.70. The average Bonchev–Trinajstić information content (AvgIpc) is 2.56. The predicted molar refractivity (Wildman–Crippen MR) is 50.5 cm³/mol. The highest BCUT2D eigenvalue weighted by Crippen LogP contribution is 2.28. The minimum absolute atomic E-state index is 0.148. The molecule has 1 aromatic rings. The monoisotopic (exact) mass is 176 g/mol. The van der Waals surface area contributed by atoms with Gasteiger partial charge in [-0.1, -0.05) is 6.58 Å². The number of hydrogen-bond acceptors (Lipinski definition) is 2. The molecular weight excluding hydrogens is 164 g/mol. The Hall–Kier alpha value is -1.38.